The normalized spacial score (nSPS) is 12.2. The van der Waals surface area contributed by atoms with Gasteiger partial charge in [-0.25, -0.2) is 0 Å². The van der Waals surface area contributed by atoms with Crippen LogP contribution in [0.3, 0.4) is 0 Å². The van der Waals surface area contributed by atoms with Crippen molar-refractivity contribution in [3.05, 3.63) is 25.3 Å². The zero-order valence-corrected chi connectivity index (χ0v) is 9.69. The van der Waals surface area contributed by atoms with Crippen LogP contribution in [0.2, 0.25) is 10.8 Å². The standard InChI is InChI=1S/2C3H5.BrH.ClH.2Ni/c2*1-3-2;;;;/h2*3H,1-2H2;2*1H;;/q;;;;2*+1/p-2. The predicted molar refractivity (Wildman–Crippen MR) is 44.8 cm³/mol. The van der Waals surface area contributed by atoms with Crippen molar-refractivity contribution in [2.75, 3.05) is 0 Å². The molecule has 10 heavy (non-hydrogen) atoms. The molecular weight excluding hydrogens is 305 g/mol. The maximum absolute atomic E-state index is 6.00. The van der Waals surface area contributed by atoms with E-state index >= 15 is 0 Å². The molecule has 0 spiro atoms. The Balaban J connectivity index is 3.56. The summed E-state index contributed by atoms with van der Waals surface area (Å²) in [5.41, 5.74) is 0. The fourth-order valence-corrected chi connectivity index (χ4v) is 5.28. The van der Waals surface area contributed by atoms with Crippen molar-refractivity contribution in [1.29, 1.82) is 0 Å². The third kappa shape index (κ3) is 4.96. The van der Waals surface area contributed by atoms with Crippen LogP contribution in [0.15, 0.2) is 25.3 Å². The topological polar surface area (TPSA) is 0 Å². The molecule has 4 heteroatoms. The SMILES string of the molecule is C=C[CH2][Ni]([Cl])[Ni]([Br])[CH2]C=C. The minimum atomic E-state index is -0.198. The second-order valence-corrected chi connectivity index (χ2v) is 12.2. The molecule has 0 aliphatic carbocycles. The molecule has 0 aromatic rings. The Morgan fingerprint density at radius 3 is 2.20 bits per heavy atom. The van der Waals surface area contributed by atoms with E-state index < -0.39 is 0 Å². The molecule has 0 heterocycles. The first-order valence-electron chi connectivity index (χ1n) is 2.42. The molecule has 0 atom stereocenters. The first-order chi connectivity index (χ1) is 4.72. The zero-order chi connectivity index (χ0) is 7.98. The van der Waals surface area contributed by atoms with Crippen molar-refractivity contribution in [3.63, 3.8) is 0 Å². The molecule has 0 aromatic heterocycles. The summed E-state index contributed by atoms with van der Waals surface area (Å²) in [4.78, 5) is 0. The van der Waals surface area contributed by atoms with Gasteiger partial charge in [0.1, 0.15) is 0 Å². The van der Waals surface area contributed by atoms with E-state index in [4.69, 9.17) is 10.2 Å². The van der Waals surface area contributed by atoms with Crippen LogP contribution in [0.1, 0.15) is 0 Å². The van der Waals surface area contributed by atoms with E-state index in [0.717, 1.165) is 10.8 Å². The Morgan fingerprint density at radius 2 is 1.80 bits per heavy atom. The molecule has 0 bridgehead atoms. The van der Waals surface area contributed by atoms with E-state index in [0.29, 0.717) is 0 Å². The van der Waals surface area contributed by atoms with Crippen LogP contribution in [0, 0.1) is 0 Å². The molecule has 0 radical (unpaired) electrons. The van der Waals surface area contributed by atoms with Crippen LogP contribution in [-0.4, -0.2) is 0 Å². The van der Waals surface area contributed by atoms with Gasteiger partial charge in [0, 0.05) is 0 Å². The summed E-state index contributed by atoms with van der Waals surface area (Å²) in [6.45, 7) is 7.27. The van der Waals surface area contributed by atoms with Gasteiger partial charge in [0.25, 0.3) is 0 Å². The monoisotopic (exact) mass is 312 g/mol. The van der Waals surface area contributed by atoms with E-state index in [9.17, 15) is 0 Å². The first kappa shape index (κ1) is 11.2. The molecule has 0 aliphatic heterocycles. The number of hydrogen-bond acceptors (Lipinski definition) is 0. The molecule has 0 N–H and O–H groups in total. The van der Waals surface area contributed by atoms with Gasteiger partial charge in [-0.3, -0.25) is 0 Å². The van der Waals surface area contributed by atoms with Crippen LogP contribution in [0.5, 0.6) is 0 Å². The predicted octanol–water partition coefficient (Wildman–Crippen LogP) is 3.81. The Morgan fingerprint density at radius 1 is 1.30 bits per heavy atom. The Kier molecular flexibility index (Phi) is 7.77. The van der Waals surface area contributed by atoms with Crippen molar-refractivity contribution in [1.82, 2.24) is 0 Å². The molecule has 0 saturated carbocycles. The van der Waals surface area contributed by atoms with E-state index in [2.05, 4.69) is 27.4 Å². The van der Waals surface area contributed by atoms with Crippen molar-refractivity contribution in [2.45, 2.75) is 10.8 Å². The fraction of sp³-hybridized carbons (Fsp3) is 0.333. The quantitative estimate of drug-likeness (QED) is 0.535. The molecule has 0 aromatic carbocycles. The number of rotatable bonds is 5. The molecule has 0 aliphatic rings. The van der Waals surface area contributed by atoms with Crippen molar-refractivity contribution in [2.24, 2.45) is 0 Å². The zero-order valence-electron chi connectivity index (χ0n) is 5.37. The summed E-state index contributed by atoms with van der Waals surface area (Å²) >= 11 is 3.51. The summed E-state index contributed by atoms with van der Waals surface area (Å²) in [7, 11) is 5.80. The van der Waals surface area contributed by atoms with E-state index in [1.165, 1.54) is 0 Å². The van der Waals surface area contributed by atoms with Crippen molar-refractivity contribution >= 4 is 24.4 Å². The van der Waals surface area contributed by atoms with Crippen LogP contribution < -0.4 is 0 Å². The number of hydrogen-bond donors (Lipinski definition) is 0. The van der Waals surface area contributed by atoms with Gasteiger partial charge in [0.05, 0.1) is 0 Å². The first-order valence-corrected chi connectivity index (χ1v) is 9.22. The van der Waals surface area contributed by atoms with E-state index in [-0.39, 0.29) is 20.8 Å². The molecule has 0 rings (SSSR count). The molecule has 68 valence electrons. The molecule has 0 nitrogen and oxygen atoms in total. The van der Waals surface area contributed by atoms with E-state index in [1.54, 1.807) is 0 Å². The number of halogens is 2. The molecule has 0 unspecified atom stereocenters. The Hall–Kier alpha value is 1.24. The van der Waals surface area contributed by atoms with Gasteiger partial charge in [-0.15, -0.1) is 0 Å². The minimum absolute atomic E-state index is 0.00929. The van der Waals surface area contributed by atoms with Crippen molar-refractivity contribution < 1.29 is 20.8 Å². The maximum atomic E-state index is 6.00. The summed E-state index contributed by atoms with van der Waals surface area (Å²) in [6.07, 6.45) is 3.75. The third-order valence-corrected chi connectivity index (χ3v) is 12.1. The fourth-order valence-electron chi connectivity index (χ4n) is 0.215. The molecular formula is C6H10BrClNi2. The second-order valence-electron chi connectivity index (χ2n) is 1.22. The summed E-state index contributed by atoms with van der Waals surface area (Å²) < 4.78 is 0. The van der Waals surface area contributed by atoms with Gasteiger partial charge >= 0.3 is 81.3 Å². The Labute approximate surface area is 80.7 Å². The average molecular weight is 315 g/mol. The van der Waals surface area contributed by atoms with Gasteiger partial charge in [0.2, 0.25) is 0 Å². The molecule has 0 amide bonds. The van der Waals surface area contributed by atoms with Gasteiger partial charge < -0.3 is 0 Å². The van der Waals surface area contributed by atoms with Gasteiger partial charge in [-0.05, 0) is 0 Å². The van der Waals surface area contributed by atoms with Gasteiger partial charge in [-0.1, -0.05) is 0 Å². The number of allylic oxidation sites excluding steroid dienone is 2. The molecule has 0 saturated heterocycles. The average Bonchev–Trinajstić information content (AvgIpc) is 1.89. The van der Waals surface area contributed by atoms with Gasteiger partial charge in [0.15, 0.2) is 0 Å². The third-order valence-electron chi connectivity index (χ3n) is 0.480. The summed E-state index contributed by atoms with van der Waals surface area (Å²) in [6, 6.07) is 0. The van der Waals surface area contributed by atoms with Gasteiger partial charge in [-0.2, -0.15) is 0 Å². The van der Waals surface area contributed by atoms with Crippen LogP contribution in [-0.2, 0) is 20.8 Å². The van der Waals surface area contributed by atoms with Crippen LogP contribution in [0.4, 0.5) is 0 Å². The van der Waals surface area contributed by atoms with Crippen LogP contribution in [0.25, 0.3) is 0 Å². The second kappa shape index (κ2) is 6.92. The summed E-state index contributed by atoms with van der Waals surface area (Å²) in [5.74, 6) is 0. The van der Waals surface area contributed by atoms with Crippen molar-refractivity contribution in [3.8, 4) is 0 Å². The Bertz CT molecular complexity index is 104. The van der Waals surface area contributed by atoms with E-state index in [1.807, 2.05) is 12.2 Å². The summed E-state index contributed by atoms with van der Waals surface area (Å²) in [5, 5.41) is 1.86. The molecule has 0 fully saturated rings. The van der Waals surface area contributed by atoms with Crippen LogP contribution >= 0.6 is 24.4 Å².